The molecule has 58 valence electrons. The normalized spacial score (nSPS) is 13.5. The van der Waals surface area contributed by atoms with Gasteiger partial charge in [-0.25, -0.2) is 4.39 Å². The van der Waals surface area contributed by atoms with Crippen molar-refractivity contribution in [1.29, 1.82) is 0 Å². The van der Waals surface area contributed by atoms with Crippen molar-refractivity contribution >= 4 is 5.91 Å². The molecule has 2 nitrogen and oxygen atoms in total. The number of nitrogens with two attached hydrogens (primary N) is 1. The fourth-order valence-corrected chi connectivity index (χ4v) is 0.675. The first-order valence-corrected chi connectivity index (χ1v) is 3.00. The molecule has 0 heterocycles. The minimum Gasteiger partial charge on any atom is -0.369 e. The highest BCUT2D eigenvalue weighted by molar-refractivity contribution is 5.76. The Kier molecular flexibility index (Phi) is 1.51. The minimum absolute atomic E-state index is 0.0569. The number of carbonyl (C=O) groups is 1. The van der Waals surface area contributed by atoms with Crippen molar-refractivity contribution in [3.05, 3.63) is 35.6 Å². The van der Waals surface area contributed by atoms with E-state index >= 15 is 0 Å². The van der Waals surface area contributed by atoms with Crippen molar-refractivity contribution in [2.75, 3.05) is 0 Å². The van der Waals surface area contributed by atoms with Crippen LogP contribution in [0.15, 0.2) is 24.3 Å². The molecule has 0 unspecified atom stereocenters. The SMILES string of the molecule is [2H]C([2H])(C(N)=O)c1ccc(F)cc1. The lowest BCUT2D eigenvalue weighted by Gasteiger charge is -1.95. The molecular formula is C8H8FNO. The largest absolute Gasteiger partial charge is 0.369 e. The van der Waals surface area contributed by atoms with Gasteiger partial charge in [-0.1, -0.05) is 12.1 Å². The molecule has 1 amide bonds. The standard InChI is InChI=1S/C8H8FNO/c9-7-3-1-6(2-4-7)5-8(10)11/h1-4H,5H2,(H2,10,11)/i5D2. The average Bonchev–Trinajstić information content (AvgIpc) is 2.04. The van der Waals surface area contributed by atoms with Gasteiger partial charge in [0.05, 0.1) is 6.37 Å². The van der Waals surface area contributed by atoms with E-state index in [1.165, 1.54) is 12.1 Å². The second kappa shape index (κ2) is 3.14. The van der Waals surface area contributed by atoms with Crippen LogP contribution in [-0.4, -0.2) is 5.91 Å². The molecule has 1 aromatic carbocycles. The molecule has 11 heavy (non-hydrogen) atoms. The van der Waals surface area contributed by atoms with Crippen LogP contribution in [0.4, 0.5) is 4.39 Å². The highest BCUT2D eigenvalue weighted by Crippen LogP contribution is 2.02. The van der Waals surface area contributed by atoms with Gasteiger partial charge in [-0.3, -0.25) is 4.79 Å². The van der Waals surface area contributed by atoms with Crippen LogP contribution >= 0.6 is 0 Å². The number of benzene rings is 1. The fourth-order valence-electron chi connectivity index (χ4n) is 0.675. The van der Waals surface area contributed by atoms with E-state index in [0.29, 0.717) is 0 Å². The monoisotopic (exact) mass is 155 g/mol. The van der Waals surface area contributed by atoms with Gasteiger partial charge < -0.3 is 5.73 Å². The summed E-state index contributed by atoms with van der Waals surface area (Å²) in [5.74, 6) is -1.57. The number of hydrogen-bond donors (Lipinski definition) is 1. The Morgan fingerprint density at radius 2 is 2.09 bits per heavy atom. The van der Waals surface area contributed by atoms with E-state index in [0.717, 1.165) is 12.1 Å². The van der Waals surface area contributed by atoms with Gasteiger partial charge in [0.25, 0.3) is 0 Å². The highest BCUT2D eigenvalue weighted by atomic mass is 19.1. The summed E-state index contributed by atoms with van der Waals surface area (Å²) in [5.41, 5.74) is 4.89. The summed E-state index contributed by atoms with van der Waals surface area (Å²) in [7, 11) is 0. The summed E-state index contributed by atoms with van der Waals surface area (Å²) >= 11 is 0. The lowest BCUT2D eigenvalue weighted by Crippen LogP contribution is -2.13. The van der Waals surface area contributed by atoms with Gasteiger partial charge in [0.2, 0.25) is 5.91 Å². The molecule has 0 radical (unpaired) electrons. The summed E-state index contributed by atoms with van der Waals surface area (Å²) in [6.07, 6.45) is -2.24. The molecule has 0 aliphatic carbocycles. The van der Waals surface area contributed by atoms with Gasteiger partial charge >= 0.3 is 0 Å². The van der Waals surface area contributed by atoms with Crippen molar-refractivity contribution in [1.82, 2.24) is 0 Å². The first-order chi connectivity index (χ1) is 5.94. The summed E-state index contributed by atoms with van der Waals surface area (Å²) in [6.45, 7) is 0. The van der Waals surface area contributed by atoms with Gasteiger partial charge in [-0.15, -0.1) is 0 Å². The maximum absolute atomic E-state index is 12.4. The summed E-state index contributed by atoms with van der Waals surface area (Å²) in [6, 6.07) is 4.55. The summed E-state index contributed by atoms with van der Waals surface area (Å²) < 4.78 is 27.0. The van der Waals surface area contributed by atoms with E-state index in [2.05, 4.69) is 0 Å². The van der Waals surface area contributed by atoms with Crippen LogP contribution in [0.3, 0.4) is 0 Å². The Hall–Kier alpha value is -1.38. The van der Waals surface area contributed by atoms with Crippen LogP contribution in [-0.2, 0) is 11.2 Å². The number of hydrogen-bond acceptors (Lipinski definition) is 1. The van der Waals surface area contributed by atoms with Crippen molar-refractivity contribution in [2.45, 2.75) is 6.37 Å². The molecule has 0 bridgehead atoms. The maximum atomic E-state index is 12.4. The van der Waals surface area contributed by atoms with Gasteiger partial charge in [-0.2, -0.15) is 0 Å². The molecule has 0 atom stereocenters. The quantitative estimate of drug-likeness (QED) is 0.676. The molecule has 1 aromatic rings. The third-order valence-corrected chi connectivity index (χ3v) is 1.11. The molecule has 0 fully saturated rings. The molecule has 0 saturated carbocycles. The van der Waals surface area contributed by atoms with Crippen LogP contribution in [0.5, 0.6) is 0 Å². The number of primary amides is 1. The Bertz CT molecular complexity index is 323. The molecular weight excluding hydrogens is 145 g/mol. The predicted molar refractivity (Wildman–Crippen MR) is 39.3 cm³/mol. The second-order valence-electron chi connectivity index (χ2n) is 2.00. The van der Waals surface area contributed by atoms with Crippen LogP contribution in [0.2, 0.25) is 0 Å². The zero-order valence-corrected chi connectivity index (χ0v) is 5.67. The molecule has 2 N–H and O–H groups in total. The van der Waals surface area contributed by atoms with Crippen LogP contribution < -0.4 is 5.73 Å². The molecule has 0 aliphatic heterocycles. The van der Waals surface area contributed by atoms with Crippen LogP contribution in [0, 0.1) is 5.82 Å². The van der Waals surface area contributed by atoms with E-state index in [-0.39, 0.29) is 5.56 Å². The third kappa shape index (κ3) is 2.37. The smallest absolute Gasteiger partial charge is 0.221 e. The predicted octanol–water partition coefficient (Wildman–Crippen LogP) is 0.854. The number of carbonyl (C=O) groups excluding carboxylic acids is 1. The molecule has 1 rings (SSSR count). The zero-order chi connectivity index (χ0) is 10.1. The molecule has 3 heteroatoms. The van der Waals surface area contributed by atoms with Crippen molar-refractivity contribution in [3.63, 3.8) is 0 Å². The summed E-state index contributed by atoms with van der Waals surface area (Å²) in [4.78, 5) is 10.7. The van der Waals surface area contributed by atoms with Crippen LogP contribution in [0.1, 0.15) is 8.30 Å². The molecule has 0 aromatic heterocycles. The van der Waals surface area contributed by atoms with Crippen LogP contribution in [0.25, 0.3) is 0 Å². The topological polar surface area (TPSA) is 43.1 Å². The minimum atomic E-state index is -2.24. The van der Waals surface area contributed by atoms with E-state index in [1.54, 1.807) is 0 Å². The van der Waals surface area contributed by atoms with Crippen molar-refractivity contribution in [2.24, 2.45) is 5.73 Å². The Balaban J connectivity index is 3.08. The van der Waals surface area contributed by atoms with Crippen molar-refractivity contribution < 1.29 is 11.9 Å². The Labute approximate surface area is 66.6 Å². The summed E-state index contributed by atoms with van der Waals surface area (Å²) in [5, 5.41) is 0. The first-order valence-electron chi connectivity index (χ1n) is 4.00. The maximum Gasteiger partial charge on any atom is 0.221 e. The third-order valence-electron chi connectivity index (χ3n) is 1.11. The second-order valence-corrected chi connectivity index (χ2v) is 2.00. The Morgan fingerprint density at radius 3 is 2.55 bits per heavy atom. The number of halogens is 1. The lowest BCUT2D eigenvalue weighted by atomic mass is 10.1. The highest BCUT2D eigenvalue weighted by Gasteiger charge is 1.97. The average molecular weight is 155 g/mol. The van der Waals surface area contributed by atoms with Gasteiger partial charge in [0.1, 0.15) is 5.82 Å². The van der Waals surface area contributed by atoms with E-state index < -0.39 is 18.1 Å². The lowest BCUT2D eigenvalue weighted by molar-refractivity contribution is -0.117. The van der Waals surface area contributed by atoms with Gasteiger partial charge in [0.15, 0.2) is 0 Å². The van der Waals surface area contributed by atoms with E-state index in [1.807, 2.05) is 0 Å². The Morgan fingerprint density at radius 1 is 1.55 bits per heavy atom. The first kappa shape index (κ1) is 5.29. The number of rotatable bonds is 2. The molecule has 0 spiro atoms. The molecule has 0 aliphatic rings. The zero-order valence-electron chi connectivity index (χ0n) is 7.67. The molecule has 0 saturated heterocycles. The fraction of sp³-hybridized carbons (Fsp3) is 0.125. The number of amides is 1. The van der Waals surface area contributed by atoms with Gasteiger partial charge in [0, 0.05) is 2.74 Å². The van der Waals surface area contributed by atoms with E-state index in [9.17, 15) is 9.18 Å². The van der Waals surface area contributed by atoms with Crippen molar-refractivity contribution in [3.8, 4) is 0 Å². The van der Waals surface area contributed by atoms with E-state index in [4.69, 9.17) is 8.48 Å². The van der Waals surface area contributed by atoms with Gasteiger partial charge in [-0.05, 0) is 17.7 Å².